The van der Waals surface area contributed by atoms with Crippen LogP contribution in [0.1, 0.15) is 25.2 Å². The molecule has 4 nitrogen and oxygen atoms in total. The zero-order valence-electron chi connectivity index (χ0n) is 10.9. The smallest absolute Gasteiger partial charge is 0.185 e. The average molecular weight is 282 g/mol. The molecule has 0 saturated heterocycles. The predicted octanol–water partition coefficient (Wildman–Crippen LogP) is 2.73. The van der Waals surface area contributed by atoms with Crippen molar-refractivity contribution in [2.75, 3.05) is 11.9 Å². The summed E-state index contributed by atoms with van der Waals surface area (Å²) in [6.45, 7) is 5.93. The summed E-state index contributed by atoms with van der Waals surface area (Å²) in [5.74, 6) is 0. The van der Waals surface area contributed by atoms with Gasteiger partial charge in [0.05, 0.1) is 23.4 Å². The molecule has 0 aliphatic carbocycles. The average Bonchev–Trinajstić information content (AvgIpc) is 2.96. The number of anilines is 1. The van der Waals surface area contributed by atoms with E-state index in [-0.39, 0.29) is 0 Å². The molecule has 18 heavy (non-hydrogen) atoms. The fourth-order valence-corrected chi connectivity index (χ4v) is 2.83. The third-order valence-electron chi connectivity index (χ3n) is 2.44. The molecule has 2 aromatic rings. The van der Waals surface area contributed by atoms with Gasteiger partial charge < -0.3 is 10.2 Å². The maximum atomic E-state index is 4.62. The van der Waals surface area contributed by atoms with Gasteiger partial charge in [-0.2, -0.15) is 0 Å². The molecule has 2 aromatic heterocycles. The van der Waals surface area contributed by atoms with Gasteiger partial charge in [-0.3, -0.25) is 0 Å². The van der Waals surface area contributed by atoms with Crippen molar-refractivity contribution in [2.45, 2.75) is 33.0 Å². The molecule has 2 heterocycles. The second-order valence-corrected chi connectivity index (χ2v) is 6.05. The molecule has 1 N–H and O–H groups in total. The zero-order chi connectivity index (χ0) is 13.0. The Morgan fingerprint density at radius 1 is 1.33 bits per heavy atom. The molecule has 98 valence electrons. The van der Waals surface area contributed by atoms with Crippen molar-refractivity contribution in [3.05, 3.63) is 27.7 Å². The summed E-state index contributed by atoms with van der Waals surface area (Å²) in [7, 11) is 2.05. The van der Waals surface area contributed by atoms with Gasteiger partial charge in [-0.25, -0.2) is 9.97 Å². The minimum absolute atomic E-state index is 0.489. The third-order valence-corrected chi connectivity index (χ3v) is 4.08. The molecule has 2 rings (SSSR count). The molecule has 0 radical (unpaired) electrons. The second kappa shape index (κ2) is 6.26. The lowest BCUT2D eigenvalue weighted by Gasteiger charge is -2.13. The van der Waals surface area contributed by atoms with Gasteiger partial charge in [0.15, 0.2) is 5.13 Å². The molecule has 0 aromatic carbocycles. The first kappa shape index (κ1) is 13.5. The van der Waals surface area contributed by atoms with Gasteiger partial charge in [0, 0.05) is 30.4 Å². The number of hydrogen-bond acceptors (Lipinski definition) is 6. The predicted molar refractivity (Wildman–Crippen MR) is 78.3 cm³/mol. The van der Waals surface area contributed by atoms with Gasteiger partial charge in [-0.15, -0.1) is 22.7 Å². The van der Waals surface area contributed by atoms with E-state index in [0.717, 1.165) is 29.6 Å². The van der Waals surface area contributed by atoms with Crippen molar-refractivity contribution < 1.29 is 0 Å². The van der Waals surface area contributed by atoms with Crippen molar-refractivity contribution in [1.29, 1.82) is 0 Å². The highest BCUT2D eigenvalue weighted by molar-refractivity contribution is 7.13. The first-order chi connectivity index (χ1) is 8.65. The van der Waals surface area contributed by atoms with Crippen LogP contribution in [0.15, 0.2) is 16.3 Å². The van der Waals surface area contributed by atoms with Crippen LogP contribution in [0, 0.1) is 0 Å². The maximum Gasteiger partial charge on any atom is 0.185 e. The summed E-state index contributed by atoms with van der Waals surface area (Å²) >= 11 is 3.31. The fourth-order valence-electron chi connectivity index (χ4n) is 1.49. The Labute approximate surface area is 116 Å². The molecule has 0 saturated carbocycles. The standard InChI is InChI=1S/C12H18N4S2/c1-9(2)13-4-10-7-18-12(15-10)16(3)5-11-6-17-8-14-11/h6-9,13H,4-5H2,1-3H3. The van der Waals surface area contributed by atoms with Crippen LogP contribution in [0.3, 0.4) is 0 Å². The number of nitrogens with zero attached hydrogens (tertiary/aromatic N) is 3. The first-order valence-electron chi connectivity index (χ1n) is 5.91. The number of hydrogen-bond donors (Lipinski definition) is 1. The lowest BCUT2D eigenvalue weighted by molar-refractivity contribution is 0.583. The Hall–Kier alpha value is -0.980. The number of thiazole rings is 2. The monoisotopic (exact) mass is 282 g/mol. The summed E-state index contributed by atoms with van der Waals surface area (Å²) in [5.41, 5.74) is 4.07. The lowest BCUT2D eigenvalue weighted by atomic mass is 10.4. The molecule has 0 bridgehead atoms. The van der Waals surface area contributed by atoms with E-state index >= 15 is 0 Å². The van der Waals surface area contributed by atoms with Gasteiger partial charge in [0.2, 0.25) is 0 Å². The first-order valence-corrected chi connectivity index (χ1v) is 7.73. The number of rotatable bonds is 6. The van der Waals surface area contributed by atoms with E-state index < -0.39 is 0 Å². The van der Waals surface area contributed by atoms with Crippen molar-refractivity contribution in [2.24, 2.45) is 0 Å². The van der Waals surface area contributed by atoms with E-state index in [1.54, 1.807) is 22.7 Å². The van der Waals surface area contributed by atoms with Crippen LogP contribution in [0.5, 0.6) is 0 Å². The Bertz CT molecular complexity index is 464. The van der Waals surface area contributed by atoms with Crippen molar-refractivity contribution in [3.63, 3.8) is 0 Å². The van der Waals surface area contributed by atoms with E-state index in [4.69, 9.17) is 0 Å². The second-order valence-electron chi connectivity index (χ2n) is 4.49. The van der Waals surface area contributed by atoms with Crippen molar-refractivity contribution in [1.82, 2.24) is 15.3 Å². The maximum absolute atomic E-state index is 4.62. The summed E-state index contributed by atoms with van der Waals surface area (Å²) in [6.07, 6.45) is 0. The van der Waals surface area contributed by atoms with E-state index in [1.165, 1.54) is 0 Å². The van der Waals surface area contributed by atoms with Crippen molar-refractivity contribution >= 4 is 27.8 Å². The molecular formula is C12H18N4S2. The highest BCUT2D eigenvalue weighted by Gasteiger charge is 2.08. The van der Waals surface area contributed by atoms with Crippen LogP contribution < -0.4 is 10.2 Å². The van der Waals surface area contributed by atoms with Crippen LogP contribution in [0.4, 0.5) is 5.13 Å². The van der Waals surface area contributed by atoms with Gasteiger partial charge in [0.1, 0.15) is 0 Å². The molecule has 6 heteroatoms. The van der Waals surface area contributed by atoms with Crippen LogP contribution in [-0.2, 0) is 13.1 Å². The SMILES string of the molecule is CC(C)NCc1csc(N(C)Cc2cscn2)n1. The molecule has 0 atom stereocenters. The van der Waals surface area contributed by atoms with Crippen LogP contribution in [0.25, 0.3) is 0 Å². The number of aromatic nitrogens is 2. The normalized spacial score (nSPS) is 11.1. The molecular weight excluding hydrogens is 264 g/mol. The minimum atomic E-state index is 0.489. The Morgan fingerprint density at radius 3 is 2.83 bits per heavy atom. The Kier molecular flexibility index (Phi) is 4.68. The van der Waals surface area contributed by atoms with Crippen molar-refractivity contribution in [3.8, 4) is 0 Å². The van der Waals surface area contributed by atoms with Gasteiger partial charge in [-0.1, -0.05) is 13.8 Å². The molecule has 0 aliphatic rings. The lowest BCUT2D eigenvalue weighted by Crippen LogP contribution is -2.22. The zero-order valence-corrected chi connectivity index (χ0v) is 12.5. The van der Waals surface area contributed by atoms with E-state index in [1.807, 2.05) is 5.51 Å². The number of nitrogens with one attached hydrogen (secondary N) is 1. The largest absolute Gasteiger partial charge is 0.345 e. The molecule has 0 fully saturated rings. The van der Waals surface area contributed by atoms with Gasteiger partial charge in [0.25, 0.3) is 0 Å². The highest BCUT2D eigenvalue weighted by atomic mass is 32.1. The van der Waals surface area contributed by atoms with E-state index in [2.05, 4.69) is 51.8 Å². The summed E-state index contributed by atoms with van der Waals surface area (Å²) in [5, 5.41) is 8.61. The van der Waals surface area contributed by atoms with E-state index in [9.17, 15) is 0 Å². The Balaban J connectivity index is 1.92. The Morgan fingerprint density at radius 2 is 2.17 bits per heavy atom. The fraction of sp³-hybridized carbons (Fsp3) is 0.500. The molecule has 0 aliphatic heterocycles. The van der Waals surface area contributed by atoms with Gasteiger partial charge >= 0.3 is 0 Å². The van der Waals surface area contributed by atoms with Crippen LogP contribution >= 0.6 is 22.7 Å². The van der Waals surface area contributed by atoms with Crippen LogP contribution in [0.2, 0.25) is 0 Å². The third kappa shape index (κ3) is 3.76. The summed E-state index contributed by atoms with van der Waals surface area (Å²) in [4.78, 5) is 11.0. The highest BCUT2D eigenvalue weighted by Crippen LogP contribution is 2.21. The molecule has 0 spiro atoms. The van der Waals surface area contributed by atoms with E-state index in [0.29, 0.717) is 6.04 Å². The summed E-state index contributed by atoms with van der Waals surface area (Å²) in [6, 6.07) is 0.489. The molecule has 0 unspecified atom stereocenters. The summed E-state index contributed by atoms with van der Waals surface area (Å²) < 4.78 is 0. The van der Waals surface area contributed by atoms with Gasteiger partial charge in [-0.05, 0) is 0 Å². The minimum Gasteiger partial charge on any atom is -0.345 e. The quantitative estimate of drug-likeness (QED) is 0.884. The topological polar surface area (TPSA) is 41.0 Å². The van der Waals surface area contributed by atoms with Crippen LogP contribution in [-0.4, -0.2) is 23.1 Å². The molecule has 0 amide bonds.